The lowest BCUT2D eigenvalue weighted by molar-refractivity contribution is 0.150. The summed E-state index contributed by atoms with van der Waals surface area (Å²) in [5.41, 5.74) is 3.38. The highest BCUT2D eigenvalue weighted by Crippen LogP contribution is 2.25. The Kier molecular flexibility index (Phi) is 5.61. The number of amides is 3. The summed E-state index contributed by atoms with van der Waals surface area (Å²) in [5, 5.41) is 14.5. The Hall–Kier alpha value is -3.48. The maximum atomic E-state index is 12.2. The topological polar surface area (TPSA) is 90.9 Å². The second-order valence-electron chi connectivity index (χ2n) is 6.06. The molecule has 0 unspecified atom stereocenters. The third-order valence-electron chi connectivity index (χ3n) is 4.35. The fourth-order valence-electron chi connectivity index (χ4n) is 2.91. The van der Waals surface area contributed by atoms with Crippen molar-refractivity contribution in [3.8, 4) is 5.75 Å². The average Bonchev–Trinajstić information content (AvgIpc) is 2.69. The van der Waals surface area contributed by atoms with Crippen LogP contribution in [0.1, 0.15) is 12.0 Å². The molecule has 140 valence electrons. The third kappa shape index (κ3) is 4.58. The SMILES string of the molecule is COc1ccccc1NC(=O)Nc1ccc(C2=CCN(C(=O)O)CC2)cc1. The van der Waals surface area contributed by atoms with Crippen LogP contribution < -0.4 is 15.4 Å². The number of carbonyl (C=O) groups excluding carboxylic acids is 1. The van der Waals surface area contributed by atoms with Crippen LogP contribution >= 0.6 is 0 Å². The van der Waals surface area contributed by atoms with Gasteiger partial charge < -0.3 is 25.4 Å². The van der Waals surface area contributed by atoms with E-state index in [0.29, 0.717) is 36.6 Å². The van der Waals surface area contributed by atoms with Gasteiger partial charge in [0.2, 0.25) is 0 Å². The van der Waals surface area contributed by atoms with Gasteiger partial charge in [-0.05, 0) is 41.8 Å². The molecule has 2 aromatic rings. The first-order chi connectivity index (χ1) is 13.1. The highest BCUT2D eigenvalue weighted by molar-refractivity contribution is 6.00. The van der Waals surface area contributed by atoms with Gasteiger partial charge in [-0.25, -0.2) is 9.59 Å². The molecule has 2 aromatic carbocycles. The van der Waals surface area contributed by atoms with E-state index in [1.807, 2.05) is 42.5 Å². The van der Waals surface area contributed by atoms with Crippen molar-refractivity contribution in [3.05, 3.63) is 60.2 Å². The van der Waals surface area contributed by atoms with E-state index in [9.17, 15) is 9.59 Å². The summed E-state index contributed by atoms with van der Waals surface area (Å²) < 4.78 is 5.21. The van der Waals surface area contributed by atoms with Crippen molar-refractivity contribution >= 4 is 29.1 Å². The molecule has 0 atom stereocenters. The van der Waals surface area contributed by atoms with Gasteiger partial charge in [0, 0.05) is 18.8 Å². The predicted molar refractivity (Wildman–Crippen MR) is 104 cm³/mol. The summed E-state index contributed by atoms with van der Waals surface area (Å²) in [7, 11) is 1.55. The molecule has 0 radical (unpaired) electrons. The van der Waals surface area contributed by atoms with Gasteiger partial charge in [0.1, 0.15) is 5.75 Å². The van der Waals surface area contributed by atoms with Crippen LogP contribution in [0.25, 0.3) is 5.57 Å². The molecule has 1 aliphatic rings. The van der Waals surface area contributed by atoms with Crippen molar-refractivity contribution in [2.45, 2.75) is 6.42 Å². The number of hydrogen-bond donors (Lipinski definition) is 3. The maximum absolute atomic E-state index is 12.2. The van der Waals surface area contributed by atoms with Gasteiger partial charge in [0.05, 0.1) is 12.8 Å². The van der Waals surface area contributed by atoms with Gasteiger partial charge in [-0.15, -0.1) is 0 Å². The monoisotopic (exact) mass is 367 g/mol. The van der Waals surface area contributed by atoms with Crippen molar-refractivity contribution in [2.75, 3.05) is 30.8 Å². The minimum atomic E-state index is -0.897. The first-order valence-corrected chi connectivity index (χ1v) is 8.55. The van der Waals surface area contributed by atoms with Gasteiger partial charge in [-0.1, -0.05) is 30.3 Å². The van der Waals surface area contributed by atoms with E-state index in [0.717, 1.165) is 11.1 Å². The molecule has 3 rings (SSSR count). The molecule has 0 aliphatic carbocycles. The Balaban J connectivity index is 1.61. The Bertz CT molecular complexity index is 862. The number of anilines is 2. The quantitative estimate of drug-likeness (QED) is 0.758. The van der Waals surface area contributed by atoms with Gasteiger partial charge in [0.25, 0.3) is 0 Å². The maximum Gasteiger partial charge on any atom is 0.407 e. The van der Waals surface area contributed by atoms with E-state index in [-0.39, 0.29) is 6.03 Å². The lowest BCUT2D eigenvalue weighted by Gasteiger charge is -2.23. The van der Waals surface area contributed by atoms with Gasteiger partial charge in [-0.3, -0.25) is 0 Å². The number of nitrogens with zero attached hydrogens (tertiary/aromatic N) is 1. The Morgan fingerprint density at radius 2 is 1.81 bits per heavy atom. The van der Waals surface area contributed by atoms with E-state index in [1.165, 1.54) is 4.90 Å². The fourth-order valence-corrected chi connectivity index (χ4v) is 2.91. The minimum absolute atomic E-state index is 0.360. The molecule has 3 amide bonds. The molecule has 0 saturated heterocycles. The molecule has 7 heteroatoms. The number of para-hydroxylation sites is 2. The van der Waals surface area contributed by atoms with E-state index in [1.54, 1.807) is 19.2 Å². The molecular weight excluding hydrogens is 346 g/mol. The van der Waals surface area contributed by atoms with Crippen LogP contribution in [0.3, 0.4) is 0 Å². The van der Waals surface area contributed by atoms with E-state index in [4.69, 9.17) is 9.84 Å². The highest BCUT2D eigenvalue weighted by atomic mass is 16.5. The van der Waals surface area contributed by atoms with Crippen LogP contribution in [0.15, 0.2) is 54.6 Å². The average molecular weight is 367 g/mol. The first-order valence-electron chi connectivity index (χ1n) is 8.55. The second-order valence-corrected chi connectivity index (χ2v) is 6.06. The van der Waals surface area contributed by atoms with Crippen LogP contribution in [0.5, 0.6) is 5.75 Å². The molecule has 1 heterocycles. The summed E-state index contributed by atoms with van der Waals surface area (Å²) in [4.78, 5) is 24.5. The van der Waals surface area contributed by atoms with Crippen molar-refractivity contribution in [3.63, 3.8) is 0 Å². The van der Waals surface area contributed by atoms with Crippen LogP contribution in [-0.4, -0.2) is 42.3 Å². The molecule has 0 saturated carbocycles. The summed E-state index contributed by atoms with van der Waals surface area (Å²) in [6.45, 7) is 0.883. The Labute approximate surface area is 157 Å². The number of urea groups is 1. The third-order valence-corrected chi connectivity index (χ3v) is 4.35. The van der Waals surface area contributed by atoms with Crippen molar-refractivity contribution in [2.24, 2.45) is 0 Å². The number of carboxylic acid groups (broad SMARTS) is 1. The number of methoxy groups -OCH3 is 1. The van der Waals surface area contributed by atoms with E-state index >= 15 is 0 Å². The second kappa shape index (κ2) is 8.27. The van der Waals surface area contributed by atoms with E-state index in [2.05, 4.69) is 10.6 Å². The molecule has 0 aromatic heterocycles. The summed E-state index contributed by atoms with van der Waals surface area (Å²) >= 11 is 0. The van der Waals surface area contributed by atoms with Crippen LogP contribution in [0, 0.1) is 0 Å². The molecule has 3 N–H and O–H groups in total. The lowest BCUT2D eigenvalue weighted by atomic mass is 9.99. The van der Waals surface area contributed by atoms with Gasteiger partial charge >= 0.3 is 12.1 Å². The zero-order valence-electron chi connectivity index (χ0n) is 14.9. The highest BCUT2D eigenvalue weighted by Gasteiger charge is 2.16. The van der Waals surface area contributed by atoms with Crippen LogP contribution in [0.4, 0.5) is 21.0 Å². The number of nitrogens with one attached hydrogen (secondary N) is 2. The number of ether oxygens (including phenoxy) is 1. The molecule has 7 nitrogen and oxygen atoms in total. The fraction of sp³-hybridized carbons (Fsp3) is 0.200. The summed E-state index contributed by atoms with van der Waals surface area (Å²) in [6.07, 6.45) is 1.70. The zero-order valence-corrected chi connectivity index (χ0v) is 14.9. The van der Waals surface area contributed by atoms with Crippen molar-refractivity contribution < 1.29 is 19.4 Å². The zero-order chi connectivity index (χ0) is 19.2. The van der Waals surface area contributed by atoms with Gasteiger partial charge in [0.15, 0.2) is 0 Å². The number of carbonyl (C=O) groups is 2. The standard InChI is InChI=1S/C20H21N3O4/c1-27-18-5-3-2-4-17(18)22-19(24)21-16-8-6-14(7-9-16)15-10-12-23(13-11-15)20(25)26/h2-10H,11-13H2,1H3,(H,25,26)(H2,21,22,24). The van der Waals surface area contributed by atoms with E-state index < -0.39 is 6.09 Å². The number of rotatable bonds is 4. The number of hydrogen-bond acceptors (Lipinski definition) is 3. The largest absolute Gasteiger partial charge is 0.495 e. The molecule has 0 spiro atoms. The first kappa shape index (κ1) is 18.3. The molecule has 27 heavy (non-hydrogen) atoms. The lowest BCUT2D eigenvalue weighted by Crippen LogP contribution is -2.33. The normalized spacial score (nSPS) is 13.5. The van der Waals surface area contributed by atoms with Crippen LogP contribution in [0.2, 0.25) is 0 Å². The number of benzene rings is 2. The van der Waals surface area contributed by atoms with Gasteiger partial charge in [-0.2, -0.15) is 0 Å². The Morgan fingerprint density at radius 3 is 2.44 bits per heavy atom. The molecular formula is C20H21N3O4. The summed E-state index contributed by atoms with van der Waals surface area (Å²) in [6, 6.07) is 14.3. The minimum Gasteiger partial charge on any atom is -0.495 e. The molecule has 0 bridgehead atoms. The Morgan fingerprint density at radius 1 is 1.07 bits per heavy atom. The van der Waals surface area contributed by atoms with Crippen molar-refractivity contribution in [1.82, 2.24) is 4.90 Å². The molecule has 0 fully saturated rings. The van der Waals surface area contributed by atoms with Crippen molar-refractivity contribution in [1.29, 1.82) is 0 Å². The smallest absolute Gasteiger partial charge is 0.407 e. The van der Waals surface area contributed by atoms with Crippen LogP contribution in [-0.2, 0) is 0 Å². The predicted octanol–water partition coefficient (Wildman–Crippen LogP) is 4.11. The summed E-state index contributed by atoms with van der Waals surface area (Å²) in [5.74, 6) is 0.586. The molecule has 1 aliphatic heterocycles.